The zero-order chi connectivity index (χ0) is 28.9. The lowest BCUT2D eigenvalue weighted by Gasteiger charge is -2.39. The molecule has 214 valence electrons. The highest BCUT2D eigenvalue weighted by atomic mass is 35.5. The van der Waals surface area contributed by atoms with Crippen LogP contribution >= 0.6 is 11.6 Å². The zero-order valence-electron chi connectivity index (χ0n) is 23.2. The standard InChI is InChI=1S/C34H32ClF2N4O/c35-27-8-13-30-31(24-27)38-15-14-34(30)40-18-16-39(17-19-40)32(25-4-9-28(36)10-5-25)2-1-3-33(41-20-22-42-23-21-41)26-6-11-29(37)12-7-26/h1-15,24H,16-23H2/q+1. The first kappa shape index (κ1) is 28.1. The summed E-state index contributed by atoms with van der Waals surface area (Å²) in [7, 11) is 0. The van der Waals surface area contributed by atoms with Gasteiger partial charge in [0.05, 0.1) is 5.52 Å². The minimum absolute atomic E-state index is 0.259. The Bertz CT molecular complexity index is 1630. The summed E-state index contributed by atoms with van der Waals surface area (Å²) in [5, 5.41) is 1.76. The Balaban J connectivity index is 1.28. The number of ether oxygens (including phenoxy) is 1. The van der Waals surface area contributed by atoms with Gasteiger partial charge in [0.1, 0.15) is 24.8 Å². The van der Waals surface area contributed by atoms with Gasteiger partial charge in [0.15, 0.2) is 13.1 Å². The molecule has 0 saturated carbocycles. The SMILES string of the molecule is Fc1ccc(C(/C=C/C=C(\c2ccc(F)cc2)N2CCN(c3ccnc4cc(Cl)ccc34)CC2)=[N+]2CCOCC2)cc1. The number of hydrogen-bond acceptors (Lipinski definition) is 4. The highest BCUT2D eigenvalue weighted by molar-refractivity contribution is 6.31. The van der Waals surface area contributed by atoms with Crippen molar-refractivity contribution >= 4 is 39.6 Å². The first-order valence-electron chi connectivity index (χ1n) is 14.2. The number of allylic oxidation sites excluding steroid dienone is 3. The van der Waals surface area contributed by atoms with Crippen molar-refractivity contribution in [2.24, 2.45) is 0 Å². The van der Waals surface area contributed by atoms with E-state index in [0.717, 1.165) is 78.4 Å². The maximum Gasteiger partial charge on any atom is 0.207 e. The molecule has 3 heterocycles. The van der Waals surface area contributed by atoms with Crippen molar-refractivity contribution in [3.63, 3.8) is 0 Å². The highest BCUT2D eigenvalue weighted by Crippen LogP contribution is 2.30. The smallest absolute Gasteiger partial charge is 0.207 e. The second-order valence-electron chi connectivity index (χ2n) is 10.4. The molecule has 0 unspecified atom stereocenters. The van der Waals surface area contributed by atoms with Crippen LogP contribution in [-0.2, 0) is 4.74 Å². The lowest BCUT2D eigenvalue weighted by molar-refractivity contribution is -0.548. The number of rotatable bonds is 6. The number of pyridine rings is 1. The predicted octanol–water partition coefficient (Wildman–Crippen LogP) is 6.42. The largest absolute Gasteiger partial charge is 0.368 e. The fourth-order valence-electron chi connectivity index (χ4n) is 5.61. The molecule has 2 aliphatic rings. The monoisotopic (exact) mass is 585 g/mol. The molecule has 2 saturated heterocycles. The molecule has 3 aromatic carbocycles. The third kappa shape index (κ3) is 6.37. The molecule has 1 aromatic heterocycles. The molecule has 6 rings (SSSR count). The molecular weight excluding hydrogens is 554 g/mol. The molecule has 42 heavy (non-hydrogen) atoms. The second-order valence-corrected chi connectivity index (χ2v) is 10.8. The van der Waals surface area contributed by atoms with Gasteiger partial charge in [-0.2, -0.15) is 0 Å². The molecule has 0 atom stereocenters. The summed E-state index contributed by atoms with van der Waals surface area (Å²) >= 11 is 6.20. The van der Waals surface area contributed by atoms with Gasteiger partial charge in [-0.15, -0.1) is 0 Å². The molecule has 2 fully saturated rings. The number of nitrogens with zero attached hydrogens (tertiary/aromatic N) is 4. The summed E-state index contributed by atoms with van der Waals surface area (Å²) in [5.41, 5.74) is 5.97. The first-order valence-corrected chi connectivity index (χ1v) is 14.6. The van der Waals surface area contributed by atoms with Crippen molar-refractivity contribution in [1.82, 2.24) is 9.88 Å². The number of anilines is 1. The van der Waals surface area contributed by atoms with Gasteiger partial charge in [-0.1, -0.05) is 17.7 Å². The van der Waals surface area contributed by atoms with E-state index in [0.29, 0.717) is 18.2 Å². The normalized spacial score (nSPS) is 16.5. The van der Waals surface area contributed by atoms with E-state index in [1.54, 1.807) is 0 Å². The third-order valence-corrected chi connectivity index (χ3v) is 8.02. The molecule has 0 N–H and O–H groups in total. The van der Waals surface area contributed by atoms with Gasteiger partial charge in [0.25, 0.3) is 0 Å². The van der Waals surface area contributed by atoms with Crippen LogP contribution < -0.4 is 4.90 Å². The number of fused-ring (bicyclic) bond motifs is 1. The van der Waals surface area contributed by atoms with Crippen molar-refractivity contribution in [3.8, 4) is 0 Å². The molecule has 8 heteroatoms. The maximum atomic E-state index is 13.9. The Morgan fingerprint density at radius 3 is 2.19 bits per heavy atom. The van der Waals surface area contributed by atoms with E-state index >= 15 is 0 Å². The van der Waals surface area contributed by atoms with Crippen molar-refractivity contribution in [3.05, 3.63) is 125 Å². The lowest BCUT2D eigenvalue weighted by Crippen LogP contribution is -2.45. The van der Waals surface area contributed by atoms with E-state index in [1.165, 1.54) is 24.3 Å². The van der Waals surface area contributed by atoms with Crippen molar-refractivity contribution in [1.29, 1.82) is 0 Å². The number of aromatic nitrogens is 1. The molecular formula is C34H32ClF2N4O+. The van der Waals surface area contributed by atoms with Gasteiger partial charge in [-0.25, -0.2) is 13.4 Å². The summed E-state index contributed by atoms with van der Waals surface area (Å²) in [6.07, 6.45) is 8.04. The van der Waals surface area contributed by atoms with E-state index in [9.17, 15) is 8.78 Å². The molecule has 0 aliphatic carbocycles. The lowest BCUT2D eigenvalue weighted by atomic mass is 10.1. The van der Waals surface area contributed by atoms with Crippen LogP contribution in [0.2, 0.25) is 5.02 Å². The van der Waals surface area contributed by atoms with Crippen LogP contribution in [-0.4, -0.2) is 72.7 Å². The molecule has 2 aliphatic heterocycles. The van der Waals surface area contributed by atoms with Crippen LogP contribution in [0.3, 0.4) is 0 Å². The topological polar surface area (TPSA) is 31.6 Å². The van der Waals surface area contributed by atoms with Crippen molar-refractivity contribution < 1.29 is 18.1 Å². The average molecular weight is 586 g/mol. The fraction of sp³-hybridized carbons (Fsp3) is 0.235. The van der Waals surface area contributed by atoms with E-state index in [1.807, 2.05) is 54.7 Å². The van der Waals surface area contributed by atoms with Gasteiger partial charge in [0, 0.05) is 65.8 Å². The molecule has 0 spiro atoms. The van der Waals surface area contributed by atoms with Gasteiger partial charge in [-0.3, -0.25) is 4.98 Å². The Morgan fingerprint density at radius 1 is 0.833 bits per heavy atom. The zero-order valence-corrected chi connectivity index (χ0v) is 24.0. The molecule has 5 nitrogen and oxygen atoms in total. The summed E-state index contributed by atoms with van der Waals surface area (Å²) in [4.78, 5) is 9.22. The van der Waals surface area contributed by atoms with Crippen LogP contribution in [0, 0.1) is 11.6 Å². The van der Waals surface area contributed by atoms with Gasteiger partial charge < -0.3 is 14.5 Å². The molecule has 4 aromatic rings. The highest BCUT2D eigenvalue weighted by Gasteiger charge is 2.22. The minimum atomic E-state index is -0.262. The summed E-state index contributed by atoms with van der Waals surface area (Å²) in [5.74, 6) is -0.521. The van der Waals surface area contributed by atoms with Crippen LogP contribution in [0.25, 0.3) is 16.6 Å². The van der Waals surface area contributed by atoms with Crippen molar-refractivity contribution in [2.45, 2.75) is 0 Å². The molecule has 0 radical (unpaired) electrons. The predicted molar refractivity (Wildman–Crippen MR) is 165 cm³/mol. The summed E-state index contributed by atoms with van der Waals surface area (Å²) < 4.78 is 35.4. The molecule has 0 amide bonds. The number of benzene rings is 3. The first-order chi connectivity index (χ1) is 20.5. The van der Waals surface area contributed by atoms with Crippen LogP contribution in [0.4, 0.5) is 14.5 Å². The quantitative estimate of drug-likeness (QED) is 0.193. The van der Waals surface area contributed by atoms with Gasteiger partial charge >= 0.3 is 0 Å². The number of piperazine rings is 1. The Morgan fingerprint density at radius 2 is 1.50 bits per heavy atom. The van der Waals surface area contributed by atoms with Gasteiger partial charge in [-0.05, 0) is 84.4 Å². The average Bonchev–Trinajstić information content (AvgIpc) is 3.02. The van der Waals surface area contributed by atoms with Crippen LogP contribution in [0.1, 0.15) is 11.1 Å². The Labute approximate surface area is 249 Å². The van der Waals surface area contributed by atoms with Crippen LogP contribution in [0.15, 0.2) is 97.2 Å². The summed E-state index contributed by atoms with van der Waals surface area (Å²) in [6.45, 7) is 6.08. The number of hydrogen-bond donors (Lipinski definition) is 0. The third-order valence-electron chi connectivity index (χ3n) is 7.78. The van der Waals surface area contributed by atoms with E-state index in [4.69, 9.17) is 16.3 Å². The summed E-state index contributed by atoms with van der Waals surface area (Å²) in [6, 6.07) is 21.1. The Hall–Kier alpha value is -4.07. The second kappa shape index (κ2) is 12.8. The van der Waals surface area contributed by atoms with Crippen LogP contribution in [0.5, 0.6) is 0 Å². The van der Waals surface area contributed by atoms with Crippen molar-refractivity contribution in [2.75, 3.05) is 57.4 Å². The number of halogens is 3. The minimum Gasteiger partial charge on any atom is -0.368 e. The maximum absolute atomic E-state index is 13.9. The fourth-order valence-corrected chi connectivity index (χ4v) is 5.78. The van der Waals surface area contributed by atoms with E-state index in [-0.39, 0.29) is 11.6 Å². The van der Waals surface area contributed by atoms with E-state index < -0.39 is 0 Å². The number of morpholine rings is 1. The molecule has 0 bridgehead atoms. The Kier molecular flexibility index (Phi) is 8.58. The van der Waals surface area contributed by atoms with Gasteiger partial charge in [0.2, 0.25) is 5.71 Å². The van der Waals surface area contributed by atoms with E-state index in [2.05, 4.69) is 37.6 Å².